The first-order valence-corrected chi connectivity index (χ1v) is 7.82. The molecule has 19 heavy (non-hydrogen) atoms. The molecular formula is C12H19F3N2OS. The van der Waals surface area contributed by atoms with Gasteiger partial charge in [-0.15, -0.1) is 0 Å². The molecule has 1 aliphatic carbocycles. The SMILES string of the molecule is O=C(NC1CCCCC1C(F)(F)F)C1CSCCN1. The smallest absolute Gasteiger partial charge is 0.351 e. The summed E-state index contributed by atoms with van der Waals surface area (Å²) >= 11 is 1.65. The maximum absolute atomic E-state index is 12.9. The summed E-state index contributed by atoms with van der Waals surface area (Å²) in [5, 5.41) is 5.66. The van der Waals surface area contributed by atoms with Crippen molar-refractivity contribution in [3.8, 4) is 0 Å². The zero-order valence-corrected chi connectivity index (χ0v) is 11.4. The molecule has 3 atom stereocenters. The van der Waals surface area contributed by atoms with Crippen LogP contribution in [0.15, 0.2) is 0 Å². The number of hydrogen-bond acceptors (Lipinski definition) is 3. The van der Waals surface area contributed by atoms with Crippen LogP contribution in [0.5, 0.6) is 0 Å². The highest BCUT2D eigenvalue weighted by Crippen LogP contribution is 2.37. The molecule has 0 aromatic carbocycles. The lowest BCUT2D eigenvalue weighted by Crippen LogP contribution is -2.55. The number of nitrogens with one attached hydrogen (secondary N) is 2. The van der Waals surface area contributed by atoms with E-state index in [-0.39, 0.29) is 18.4 Å². The van der Waals surface area contributed by atoms with Gasteiger partial charge in [-0.2, -0.15) is 24.9 Å². The lowest BCUT2D eigenvalue weighted by atomic mass is 9.84. The Hall–Kier alpha value is -0.430. The summed E-state index contributed by atoms with van der Waals surface area (Å²) in [4.78, 5) is 12.0. The molecule has 0 bridgehead atoms. The van der Waals surface area contributed by atoms with Crippen molar-refractivity contribution in [2.45, 2.75) is 43.9 Å². The van der Waals surface area contributed by atoms with Crippen molar-refractivity contribution >= 4 is 17.7 Å². The van der Waals surface area contributed by atoms with E-state index in [9.17, 15) is 18.0 Å². The Morgan fingerprint density at radius 3 is 2.63 bits per heavy atom. The molecule has 0 aromatic rings. The lowest BCUT2D eigenvalue weighted by Gasteiger charge is -2.34. The average molecular weight is 296 g/mol. The Balaban J connectivity index is 1.93. The van der Waals surface area contributed by atoms with Crippen LogP contribution < -0.4 is 10.6 Å². The van der Waals surface area contributed by atoms with E-state index in [1.54, 1.807) is 11.8 Å². The van der Waals surface area contributed by atoms with Gasteiger partial charge in [0.05, 0.1) is 12.0 Å². The second-order valence-electron chi connectivity index (χ2n) is 5.13. The fraction of sp³-hybridized carbons (Fsp3) is 0.917. The Morgan fingerprint density at radius 1 is 1.26 bits per heavy atom. The molecule has 0 aromatic heterocycles. The van der Waals surface area contributed by atoms with Gasteiger partial charge in [-0.25, -0.2) is 0 Å². The quantitative estimate of drug-likeness (QED) is 0.818. The zero-order chi connectivity index (χ0) is 13.9. The van der Waals surface area contributed by atoms with Gasteiger partial charge >= 0.3 is 6.18 Å². The fourth-order valence-electron chi connectivity index (χ4n) is 2.71. The molecule has 2 fully saturated rings. The van der Waals surface area contributed by atoms with Crippen LogP contribution in [0, 0.1) is 5.92 Å². The van der Waals surface area contributed by atoms with Crippen LogP contribution in [-0.2, 0) is 4.79 Å². The highest BCUT2D eigenvalue weighted by atomic mass is 32.2. The van der Waals surface area contributed by atoms with Gasteiger partial charge in [0, 0.05) is 24.1 Å². The molecule has 2 N–H and O–H groups in total. The van der Waals surface area contributed by atoms with E-state index in [0.717, 1.165) is 18.7 Å². The monoisotopic (exact) mass is 296 g/mol. The Kier molecular flexibility index (Phi) is 5.00. The van der Waals surface area contributed by atoms with Gasteiger partial charge in [0.25, 0.3) is 0 Å². The molecule has 0 spiro atoms. The third kappa shape index (κ3) is 4.02. The molecule has 7 heteroatoms. The van der Waals surface area contributed by atoms with Gasteiger partial charge in [-0.3, -0.25) is 4.79 Å². The molecule has 1 saturated carbocycles. The maximum atomic E-state index is 12.9. The highest BCUT2D eigenvalue weighted by Gasteiger charge is 2.46. The van der Waals surface area contributed by atoms with Crippen LogP contribution in [0.4, 0.5) is 13.2 Å². The standard InChI is InChI=1S/C12H19F3N2OS/c13-12(14,15)8-3-1-2-4-9(8)17-11(18)10-7-19-6-5-16-10/h8-10,16H,1-7H2,(H,17,18). The minimum atomic E-state index is -4.22. The summed E-state index contributed by atoms with van der Waals surface area (Å²) < 4.78 is 38.7. The first-order valence-electron chi connectivity index (χ1n) is 6.66. The number of halogens is 3. The van der Waals surface area contributed by atoms with Crippen molar-refractivity contribution in [1.29, 1.82) is 0 Å². The third-order valence-electron chi connectivity index (χ3n) is 3.75. The van der Waals surface area contributed by atoms with Gasteiger partial charge in [0.2, 0.25) is 5.91 Å². The normalized spacial score (nSPS) is 32.9. The van der Waals surface area contributed by atoms with E-state index >= 15 is 0 Å². The maximum Gasteiger partial charge on any atom is 0.393 e. The Labute approximate surface area is 115 Å². The topological polar surface area (TPSA) is 41.1 Å². The average Bonchev–Trinajstić information content (AvgIpc) is 2.39. The molecule has 1 heterocycles. The molecule has 2 rings (SSSR count). The second kappa shape index (κ2) is 6.35. The van der Waals surface area contributed by atoms with Crippen LogP contribution in [0.25, 0.3) is 0 Å². The molecular weight excluding hydrogens is 277 g/mol. The van der Waals surface area contributed by atoms with E-state index in [0.29, 0.717) is 18.6 Å². The van der Waals surface area contributed by atoms with E-state index in [4.69, 9.17) is 0 Å². The van der Waals surface area contributed by atoms with Crippen LogP contribution in [0.3, 0.4) is 0 Å². The predicted molar refractivity (Wildman–Crippen MR) is 69.1 cm³/mol. The summed E-state index contributed by atoms with van der Waals surface area (Å²) in [6.45, 7) is 0.732. The van der Waals surface area contributed by atoms with Gasteiger partial charge in [-0.1, -0.05) is 12.8 Å². The molecule has 2 aliphatic rings. The van der Waals surface area contributed by atoms with E-state index in [1.807, 2.05) is 0 Å². The summed E-state index contributed by atoms with van der Waals surface area (Å²) in [6, 6.07) is -1.11. The number of carbonyl (C=O) groups is 1. The first kappa shape index (κ1) is 15.0. The summed E-state index contributed by atoms with van der Waals surface area (Å²) in [5.41, 5.74) is 0. The number of hydrogen-bond donors (Lipinski definition) is 2. The fourth-order valence-corrected chi connectivity index (χ4v) is 3.65. The van der Waals surface area contributed by atoms with Gasteiger partial charge in [0.1, 0.15) is 0 Å². The molecule has 1 amide bonds. The third-order valence-corrected chi connectivity index (χ3v) is 4.81. The molecule has 3 nitrogen and oxygen atoms in total. The minimum absolute atomic E-state index is 0.126. The van der Waals surface area contributed by atoms with Gasteiger partial charge in [0.15, 0.2) is 0 Å². The number of carbonyl (C=O) groups excluding carboxylic acids is 1. The van der Waals surface area contributed by atoms with Gasteiger partial charge in [-0.05, 0) is 12.8 Å². The van der Waals surface area contributed by atoms with Gasteiger partial charge < -0.3 is 10.6 Å². The van der Waals surface area contributed by atoms with Crippen LogP contribution >= 0.6 is 11.8 Å². The van der Waals surface area contributed by atoms with Crippen LogP contribution in [-0.4, -0.2) is 42.2 Å². The molecule has 3 unspecified atom stereocenters. The number of rotatable bonds is 2. The highest BCUT2D eigenvalue weighted by molar-refractivity contribution is 7.99. The lowest BCUT2D eigenvalue weighted by molar-refractivity contribution is -0.189. The van der Waals surface area contributed by atoms with Crippen molar-refractivity contribution in [1.82, 2.24) is 10.6 Å². The van der Waals surface area contributed by atoms with Crippen molar-refractivity contribution in [3.05, 3.63) is 0 Å². The first-order chi connectivity index (χ1) is 8.98. The molecule has 1 saturated heterocycles. The molecule has 1 aliphatic heterocycles. The van der Waals surface area contributed by atoms with Crippen molar-refractivity contribution in [2.24, 2.45) is 5.92 Å². The number of thioether (sulfide) groups is 1. The predicted octanol–water partition coefficient (Wildman–Crippen LogP) is 1.93. The summed E-state index contributed by atoms with van der Waals surface area (Å²) in [5.74, 6) is -0.0945. The Bertz CT molecular complexity index is 319. The van der Waals surface area contributed by atoms with Crippen LogP contribution in [0.2, 0.25) is 0 Å². The second-order valence-corrected chi connectivity index (χ2v) is 6.28. The molecule has 110 valence electrons. The van der Waals surface area contributed by atoms with Crippen molar-refractivity contribution in [2.75, 3.05) is 18.1 Å². The van der Waals surface area contributed by atoms with Crippen LogP contribution in [0.1, 0.15) is 25.7 Å². The largest absolute Gasteiger partial charge is 0.393 e. The summed E-state index contributed by atoms with van der Waals surface area (Å²) in [6.07, 6.45) is -2.32. The summed E-state index contributed by atoms with van der Waals surface area (Å²) in [7, 11) is 0. The minimum Gasteiger partial charge on any atom is -0.351 e. The van der Waals surface area contributed by atoms with Crippen molar-refractivity contribution in [3.63, 3.8) is 0 Å². The van der Waals surface area contributed by atoms with Crippen molar-refractivity contribution < 1.29 is 18.0 Å². The number of alkyl halides is 3. The number of amides is 1. The zero-order valence-electron chi connectivity index (χ0n) is 10.6. The van der Waals surface area contributed by atoms with E-state index in [1.165, 1.54) is 0 Å². The van der Waals surface area contributed by atoms with E-state index < -0.39 is 18.1 Å². The van der Waals surface area contributed by atoms with E-state index in [2.05, 4.69) is 10.6 Å². The molecule has 0 radical (unpaired) electrons. The Morgan fingerprint density at radius 2 is 2.00 bits per heavy atom.